The van der Waals surface area contributed by atoms with E-state index in [1.807, 2.05) is 14.0 Å². The van der Waals surface area contributed by atoms with E-state index in [0.717, 1.165) is 11.2 Å². The third kappa shape index (κ3) is 2.27. The molecular weight excluding hydrogens is 312 g/mol. The molecule has 8 heteroatoms. The van der Waals surface area contributed by atoms with Gasteiger partial charge in [0, 0.05) is 12.6 Å². The molecular formula is C16H18N4O4. The van der Waals surface area contributed by atoms with Crippen molar-refractivity contribution in [1.82, 2.24) is 19.6 Å². The van der Waals surface area contributed by atoms with Gasteiger partial charge in [0.25, 0.3) is 5.91 Å². The maximum absolute atomic E-state index is 12.9. The Kier molecular flexibility index (Phi) is 3.88. The van der Waals surface area contributed by atoms with E-state index >= 15 is 0 Å². The largest absolute Gasteiger partial charge is 0.493 e. The molecule has 0 amide bonds. The van der Waals surface area contributed by atoms with Crippen molar-refractivity contribution in [3.63, 3.8) is 0 Å². The molecule has 0 aliphatic heterocycles. The lowest BCUT2D eigenvalue weighted by Crippen LogP contribution is -2.14. The van der Waals surface area contributed by atoms with E-state index in [1.165, 1.54) is 26.0 Å². The average Bonchev–Trinajstić information content (AvgIpc) is 3.15. The topological polar surface area (TPSA) is 80.4 Å². The van der Waals surface area contributed by atoms with Gasteiger partial charge >= 0.3 is 0 Å². The van der Waals surface area contributed by atoms with Crippen molar-refractivity contribution in [2.24, 2.45) is 7.05 Å². The van der Waals surface area contributed by atoms with Crippen LogP contribution in [0.3, 0.4) is 0 Å². The molecule has 0 saturated heterocycles. The zero-order chi connectivity index (χ0) is 17.4. The summed E-state index contributed by atoms with van der Waals surface area (Å²) < 4.78 is 18.9. The Morgan fingerprint density at radius 1 is 1.08 bits per heavy atom. The van der Waals surface area contributed by atoms with Crippen molar-refractivity contribution in [3.05, 3.63) is 29.6 Å². The fraction of sp³-hybridized carbons (Fsp3) is 0.312. The molecule has 0 aliphatic rings. The number of benzene rings is 1. The highest BCUT2D eigenvalue weighted by Gasteiger charge is 2.22. The van der Waals surface area contributed by atoms with Crippen molar-refractivity contribution in [2.45, 2.75) is 6.92 Å². The highest BCUT2D eigenvalue weighted by Crippen LogP contribution is 2.38. The van der Waals surface area contributed by atoms with Gasteiger partial charge < -0.3 is 14.2 Å². The van der Waals surface area contributed by atoms with Gasteiger partial charge in [-0.25, -0.2) is 0 Å². The van der Waals surface area contributed by atoms with Gasteiger partial charge in [0.1, 0.15) is 11.0 Å². The molecule has 2 aromatic heterocycles. The van der Waals surface area contributed by atoms with Crippen LogP contribution in [0.5, 0.6) is 17.2 Å². The summed E-state index contributed by atoms with van der Waals surface area (Å²) in [6.07, 6.45) is 1.62. The second-order valence-corrected chi connectivity index (χ2v) is 5.22. The van der Waals surface area contributed by atoms with Crippen LogP contribution in [-0.2, 0) is 7.05 Å². The van der Waals surface area contributed by atoms with Gasteiger partial charge in [-0.1, -0.05) is 0 Å². The van der Waals surface area contributed by atoms with E-state index in [9.17, 15) is 4.79 Å². The summed E-state index contributed by atoms with van der Waals surface area (Å²) in [7, 11) is 6.33. The van der Waals surface area contributed by atoms with Crippen molar-refractivity contribution >= 4 is 16.9 Å². The molecule has 126 valence electrons. The van der Waals surface area contributed by atoms with Crippen LogP contribution in [0.4, 0.5) is 0 Å². The molecule has 24 heavy (non-hydrogen) atoms. The van der Waals surface area contributed by atoms with Crippen molar-refractivity contribution in [2.75, 3.05) is 21.3 Å². The third-order valence-corrected chi connectivity index (χ3v) is 3.85. The number of rotatable bonds is 4. The van der Waals surface area contributed by atoms with Crippen molar-refractivity contribution < 1.29 is 19.0 Å². The van der Waals surface area contributed by atoms with E-state index in [2.05, 4.69) is 10.2 Å². The van der Waals surface area contributed by atoms with Gasteiger partial charge in [0.05, 0.1) is 33.2 Å². The molecule has 0 atom stereocenters. The molecule has 0 aliphatic carbocycles. The van der Waals surface area contributed by atoms with Crippen LogP contribution in [0.15, 0.2) is 18.3 Å². The van der Waals surface area contributed by atoms with Crippen LogP contribution < -0.4 is 14.2 Å². The van der Waals surface area contributed by atoms with E-state index in [0.29, 0.717) is 28.3 Å². The molecule has 0 radical (unpaired) electrons. The lowest BCUT2D eigenvalue weighted by molar-refractivity contribution is 0.0949. The number of nitrogens with zero attached hydrogens (tertiary/aromatic N) is 4. The number of hydrogen-bond acceptors (Lipinski definition) is 6. The van der Waals surface area contributed by atoms with Gasteiger partial charge in [0.15, 0.2) is 11.5 Å². The molecule has 0 fully saturated rings. The van der Waals surface area contributed by atoms with E-state index in [1.54, 1.807) is 23.0 Å². The monoisotopic (exact) mass is 330 g/mol. The zero-order valence-electron chi connectivity index (χ0n) is 14.2. The number of carbonyl (C=O) groups is 1. The minimum absolute atomic E-state index is 0.305. The van der Waals surface area contributed by atoms with Crippen LogP contribution in [0.2, 0.25) is 0 Å². The number of fused-ring (bicyclic) bond motifs is 1. The number of methoxy groups -OCH3 is 3. The van der Waals surface area contributed by atoms with E-state index < -0.39 is 0 Å². The van der Waals surface area contributed by atoms with Crippen molar-refractivity contribution in [3.8, 4) is 17.2 Å². The molecule has 0 spiro atoms. The smallest absolute Gasteiger partial charge is 0.279 e. The van der Waals surface area contributed by atoms with Crippen LogP contribution in [0.25, 0.3) is 11.0 Å². The van der Waals surface area contributed by atoms with Crippen LogP contribution in [0.1, 0.15) is 16.1 Å². The predicted octanol–water partition coefficient (Wildman–Crippen LogP) is 1.79. The fourth-order valence-electron chi connectivity index (χ4n) is 2.72. The maximum Gasteiger partial charge on any atom is 0.279 e. The third-order valence-electron chi connectivity index (χ3n) is 3.85. The number of hydrogen-bond donors (Lipinski definition) is 0. The Morgan fingerprint density at radius 2 is 1.71 bits per heavy atom. The molecule has 2 heterocycles. The second kappa shape index (κ2) is 5.88. The van der Waals surface area contributed by atoms with Gasteiger partial charge in [-0.05, 0) is 19.1 Å². The SMILES string of the molecule is COc1cc(C(=O)n2ncc3c2c(C)nn3C)cc(OC)c1OC. The van der Waals surface area contributed by atoms with Gasteiger partial charge in [0.2, 0.25) is 5.75 Å². The second-order valence-electron chi connectivity index (χ2n) is 5.22. The summed E-state index contributed by atoms with van der Waals surface area (Å²) in [5.41, 5.74) is 2.56. The average molecular weight is 330 g/mol. The highest BCUT2D eigenvalue weighted by atomic mass is 16.5. The molecule has 1 aromatic carbocycles. The van der Waals surface area contributed by atoms with Gasteiger partial charge in [-0.15, -0.1) is 0 Å². The number of carbonyl (C=O) groups excluding carboxylic acids is 1. The first kappa shape index (κ1) is 15.9. The Bertz CT molecular complexity index is 901. The molecule has 3 rings (SSSR count). The molecule has 0 N–H and O–H groups in total. The molecule has 0 bridgehead atoms. The minimum Gasteiger partial charge on any atom is -0.493 e. The highest BCUT2D eigenvalue weighted by molar-refractivity contribution is 6.01. The van der Waals surface area contributed by atoms with E-state index in [4.69, 9.17) is 14.2 Å². The summed E-state index contributed by atoms with van der Waals surface area (Å²) in [6, 6.07) is 3.20. The molecule has 0 saturated carbocycles. The van der Waals surface area contributed by atoms with Crippen LogP contribution >= 0.6 is 0 Å². The number of ether oxygens (including phenoxy) is 3. The maximum atomic E-state index is 12.9. The minimum atomic E-state index is -0.305. The Labute approximate surface area is 138 Å². The van der Waals surface area contributed by atoms with Crippen LogP contribution in [-0.4, -0.2) is 46.8 Å². The quantitative estimate of drug-likeness (QED) is 0.725. The van der Waals surface area contributed by atoms with Gasteiger partial charge in [-0.3, -0.25) is 9.48 Å². The standard InChI is InChI=1S/C16H18N4O4/c1-9-14-11(19(2)18-9)8-17-20(14)16(21)10-6-12(22-3)15(24-5)13(7-10)23-4/h6-8H,1-5H3. The fourth-order valence-corrected chi connectivity index (χ4v) is 2.72. The summed E-state index contributed by atoms with van der Waals surface area (Å²) in [5.74, 6) is 0.943. The van der Waals surface area contributed by atoms with Gasteiger partial charge in [-0.2, -0.15) is 14.9 Å². The Morgan fingerprint density at radius 3 is 2.25 bits per heavy atom. The first-order valence-corrected chi connectivity index (χ1v) is 7.23. The normalized spacial score (nSPS) is 10.9. The summed E-state index contributed by atoms with van der Waals surface area (Å²) >= 11 is 0. The lowest BCUT2D eigenvalue weighted by Gasteiger charge is -2.13. The zero-order valence-corrected chi connectivity index (χ0v) is 14.2. The van der Waals surface area contributed by atoms with Crippen molar-refractivity contribution in [1.29, 1.82) is 0 Å². The predicted molar refractivity (Wildman–Crippen MR) is 87.1 cm³/mol. The molecule has 8 nitrogen and oxygen atoms in total. The van der Waals surface area contributed by atoms with E-state index in [-0.39, 0.29) is 5.91 Å². The number of aryl methyl sites for hydroxylation is 2. The summed E-state index contributed by atoms with van der Waals surface area (Å²) in [4.78, 5) is 12.9. The molecule has 3 aromatic rings. The summed E-state index contributed by atoms with van der Waals surface area (Å²) in [5, 5.41) is 8.52. The lowest BCUT2D eigenvalue weighted by atomic mass is 10.1. The summed E-state index contributed by atoms with van der Waals surface area (Å²) in [6.45, 7) is 1.84. The van der Waals surface area contributed by atoms with Crippen LogP contribution in [0, 0.1) is 6.92 Å². The first-order chi connectivity index (χ1) is 11.5. The first-order valence-electron chi connectivity index (χ1n) is 7.23. The Hall–Kier alpha value is -3.03. The Balaban J connectivity index is 2.15. The molecule has 0 unspecified atom stereocenters. The number of aromatic nitrogens is 4.